The first-order valence-corrected chi connectivity index (χ1v) is 9.43. The molecule has 2 aromatic carbocycles. The van der Waals surface area contributed by atoms with Gasteiger partial charge in [-0.2, -0.15) is 0 Å². The van der Waals surface area contributed by atoms with Crippen LogP contribution >= 0.6 is 0 Å². The molecule has 0 bridgehead atoms. The van der Waals surface area contributed by atoms with Crippen molar-refractivity contribution in [2.24, 2.45) is 0 Å². The summed E-state index contributed by atoms with van der Waals surface area (Å²) in [5.74, 6) is 0. The lowest BCUT2D eigenvalue weighted by atomic mass is 10.1. The molecule has 6 heteroatoms. The lowest BCUT2D eigenvalue weighted by molar-refractivity contribution is -0.400. The number of benzene rings is 2. The fourth-order valence-corrected chi connectivity index (χ4v) is 3.07. The monoisotopic (exact) mass is 390 g/mol. The molecule has 0 spiro atoms. The van der Waals surface area contributed by atoms with Gasteiger partial charge in [0, 0.05) is 36.3 Å². The van der Waals surface area contributed by atoms with Crippen LogP contribution in [0.2, 0.25) is 0 Å². The van der Waals surface area contributed by atoms with E-state index in [1.54, 1.807) is 18.2 Å². The molecule has 29 heavy (non-hydrogen) atoms. The first-order valence-electron chi connectivity index (χ1n) is 9.43. The summed E-state index contributed by atoms with van der Waals surface area (Å²) >= 11 is 0. The fourth-order valence-electron chi connectivity index (χ4n) is 3.07. The molecule has 6 nitrogen and oxygen atoms in total. The van der Waals surface area contributed by atoms with Crippen LogP contribution in [0.5, 0.6) is 0 Å². The Kier molecular flexibility index (Phi) is 6.24. The Morgan fingerprint density at radius 3 is 2.24 bits per heavy atom. The van der Waals surface area contributed by atoms with Crippen LogP contribution in [-0.4, -0.2) is 18.0 Å². The maximum Gasteiger partial charge on any atom is 0.343 e. The highest BCUT2D eigenvalue weighted by Crippen LogP contribution is 2.22. The topological polar surface area (TPSA) is 76.6 Å². The third kappa shape index (κ3) is 4.99. The minimum absolute atomic E-state index is 0.393. The van der Waals surface area contributed by atoms with Crippen LogP contribution in [0.4, 0.5) is 5.69 Å². The molecule has 0 aliphatic heterocycles. The van der Waals surface area contributed by atoms with Crippen LogP contribution in [0.3, 0.4) is 0 Å². The van der Waals surface area contributed by atoms with E-state index in [2.05, 4.69) is 18.7 Å². The van der Waals surface area contributed by atoms with Gasteiger partial charge in [-0.05, 0) is 49.2 Å². The smallest absolute Gasteiger partial charge is 0.343 e. The van der Waals surface area contributed by atoms with Gasteiger partial charge >= 0.3 is 5.63 Å². The zero-order chi connectivity index (χ0) is 20.8. The number of hydrogen-bond acceptors (Lipinski definition) is 5. The predicted octanol–water partition coefficient (Wildman–Crippen LogP) is 5.06. The summed E-state index contributed by atoms with van der Waals surface area (Å²) in [6.45, 7) is 5.94. The van der Waals surface area contributed by atoms with Crippen molar-refractivity contribution in [2.45, 2.75) is 13.8 Å². The van der Waals surface area contributed by atoms with Gasteiger partial charge in [0.2, 0.25) is 6.20 Å². The summed E-state index contributed by atoms with van der Waals surface area (Å²) in [5.41, 5.74) is 3.27. The maximum absolute atomic E-state index is 12.4. The fraction of sp³-hybridized carbons (Fsp3) is 0.174. The molecule has 0 atom stereocenters. The van der Waals surface area contributed by atoms with Gasteiger partial charge in [0.25, 0.3) is 0 Å². The minimum atomic E-state index is -0.502. The molecule has 0 saturated carbocycles. The third-order valence-corrected chi connectivity index (χ3v) is 4.66. The van der Waals surface area contributed by atoms with Crippen molar-refractivity contribution in [3.8, 4) is 0 Å². The van der Waals surface area contributed by atoms with E-state index in [4.69, 9.17) is 4.42 Å². The summed E-state index contributed by atoms with van der Waals surface area (Å²) in [7, 11) is 0. The molecule has 0 radical (unpaired) electrons. The van der Waals surface area contributed by atoms with Crippen molar-refractivity contribution >= 4 is 34.9 Å². The van der Waals surface area contributed by atoms with E-state index in [-0.39, 0.29) is 0 Å². The lowest BCUT2D eigenvalue weighted by Crippen LogP contribution is -2.21. The zero-order valence-corrected chi connectivity index (χ0v) is 16.4. The second-order valence-corrected chi connectivity index (χ2v) is 6.48. The number of fused-ring (bicyclic) bond motifs is 1. The summed E-state index contributed by atoms with van der Waals surface area (Å²) in [6, 6.07) is 14.9. The first-order chi connectivity index (χ1) is 14.0. The van der Waals surface area contributed by atoms with E-state index in [0.717, 1.165) is 41.5 Å². The number of hydrogen-bond donors (Lipinski definition) is 0. The highest BCUT2D eigenvalue weighted by atomic mass is 16.6. The van der Waals surface area contributed by atoms with Crippen LogP contribution in [-0.2, 0) is 0 Å². The highest BCUT2D eigenvalue weighted by molar-refractivity contribution is 5.83. The van der Waals surface area contributed by atoms with Gasteiger partial charge in [0.15, 0.2) is 0 Å². The molecule has 148 valence electrons. The Morgan fingerprint density at radius 1 is 0.966 bits per heavy atom. The Labute approximate surface area is 168 Å². The van der Waals surface area contributed by atoms with E-state index in [1.165, 1.54) is 6.08 Å². The van der Waals surface area contributed by atoms with Crippen molar-refractivity contribution in [2.75, 3.05) is 18.0 Å². The Bertz CT molecular complexity index is 1120. The molecule has 3 rings (SSSR count). The van der Waals surface area contributed by atoms with Crippen molar-refractivity contribution in [1.82, 2.24) is 0 Å². The van der Waals surface area contributed by atoms with Crippen molar-refractivity contribution in [3.63, 3.8) is 0 Å². The lowest BCUT2D eigenvalue weighted by Gasteiger charge is -2.20. The first kappa shape index (κ1) is 20.1. The molecule has 3 aromatic rings. The zero-order valence-electron chi connectivity index (χ0n) is 16.4. The summed E-state index contributed by atoms with van der Waals surface area (Å²) in [5, 5.41) is 11.2. The molecular formula is C23H22N2O4. The van der Waals surface area contributed by atoms with E-state index in [1.807, 2.05) is 42.5 Å². The highest BCUT2D eigenvalue weighted by Gasteiger charge is 2.07. The maximum atomic E-state index is 12.4. The Hall–Kier alpha value is -3.67. The molecule has 1 aromatic heterocycles. The second-order valence-electron chi connectivity index (χ2n) is 6.48. The van der Waals surface area contributed by atoms with Crippen molar-refractivity contribution in [3.05, 3.63) is 92.0 Å². The Morgan fingerprint density at radius 2 is 1.62 bits per heavy atom. The van der Waals surface area contributed by atoms with E-state index >= 15 is 0 Å². The van der Waals surface area contributed by atoms with Crippen LogP contribution in [0.15, 0.2) is 63.9 Å². The number of anilines is 1. The molecule has 0 amide bonds. The van der Waals surface area contributed by atoms with E-state index < -0.39 is 10.5 Å². The molecule has 0 fully saturated rings. The second kappa shape index (κ2) is 9.01. The van der Waals surface area contributed by atoms with Gasteiger partial charge in [-0.15, -0.1) is 0 Å². The number of rotatable bonds is 7. The molecule has 1 heterocycles. The largest absolute Gasteiger partial charge is 0.422 e. The summed E-state index contributed by atoms with van der Waals surface area (Å²) in [4.78, 5) is 24.4. The van der Waals surface area contributed by atoms with E-state index in [9.17, 15) is 14.9 Å². The van der Waals surface area contributed by atoms with Crippen LogP contribution in [0.25, 0.3) is 29.2 Å². The molecule has 0 unspecified atom stereocenters. The standard InChI is InChI=1S/C23H22N2O4/c1-3-24(4-2)21-12-11-19-15-20(23(26)29-22(19)16-21)10-9-17-5-7-18(8-6-17)13-14-25(27)28/h5-16H,3-4H2,1-2H3/b10-9+,14-13+. The molecule has 0 aliphatic rings. The molecule has 0 aliphatic carbocycles. The van der Waals surface area contributed by atoms with Gasteiger partial charge in [-0.25, -0.2) is 4.79 Å². The molecule has 0 N–H and O–H groups in total. The van der Waals surface area contributed by atoms with Gasteiger partial charge in [0.05, 0.1) is 10.5 Å². The van der Waals surface area contributed by atoms with Crippen LogP contribution in [0, 0.1) is 10.1 Å². The Balaban J connectivity index is 1.84. The minimum Gasteiger partial charge on any atom is -0.422 e. The van der Waals surface area contributed by atoms with Crippen LogP contribution in [0.1, 0.15) is 30.5 Å². The summed E-state index contributed by atoms with van der Waals surface area (Å²) in [6.07, 6.45) is 5.85. The third-order valence-electron chi connectivity index (χ3n) is 4.66. The average molecular weight is 390 g/mol. The number of nitrogens with zero attached hydrogens (tertiary/aromatic N) is 2. The molecule has 0 saturated heterocycles. The normalized spacial score (nSPS) is 11.5. The predicted molar refractivity (Wildman–Crippen MR) is 117 cm³/mol. The molecular weight excluding hydrogens is 368 g/mol. The summed E-state index contributed by atoms with van der Waals surface area (Å²) < 4.78 is 5.53. The van der Waals surface area contributed by atoms with E-state index in [0.29, 0.717) is 11.1 Å². The SMILES string of the molecule is CCN(CC)c1ccc2cc(/C=C/c3ccc(/C=C/[N+](=O)[O-])cc3)c(=O)oc2c1. The van der Waals surface area contributed by atoms with Gasteiger partial charge in [-0.1, -0.05) is 30.3 Å². The number of nitro groups is 1. The van der Waals surface area contributed by atoms with Crippen molar-refractivity contribution < 1.29 is 9.34 Å². The van der Waals surface area contributed by atoms with Crippen molar-refractivity contribution in [1.29, 1.82) is 0 Å². The average Bonchev–Trinajstić information content (AvgIpc) is 2.72. The quantitative estimate of drug-likeness (QED) is 0.320. The van der Waals surface area contributed by atoms with Gasteiger partial charge in [-0.3, -0.25) is 10.1 Å². The van der Waals surface area contributed by atoms with Crippen LogP contribution < -0.4 is 10.5 Å². The van der Waals surface area contributed by atoms with Gasteiger partial charge in [0.1, 0.15) is 5.58 Å². The van der Waals surface area contributed by atoms with Gasteiger partial charge < -0.3 is 9.32 Å².